The van der Waals surface area contributed by atoms with Crippen molar-refractivity contribution in [3.05, 3.63) is 94.5 Å². The predicted octanol–water partition coefficient (Wildman–Crippen LogP) is 5.52. The lowest BCUT2D eigenvalue weighted by Crippen LogP contribution is -2.54. The number of nitrogens with zero attached hydrogens (tertiary/aromatic N) is 2. The Morgan fingerprint density at radius 2 is 1.47 bits per heavy atom. The molecule has 0 aromatic heterocycles. The molecule has 0 heterocycles. The molecule has 0 saturated carbocycles. The minimum atomic E-state index is -4.18. The Balaban J connectivity index is 2.03. The Morgan fingerprint density at radius 3 is 2.05 bits per heavy atom. The molecule has 2 amide bonds. The summed E-state index contributed by atoms with van der Waals surface area (Å²) >= 11 is 12.4. The third-order valence-electron chi connectivity index (χ3n) is 5.66. The van der Waals surface area contributed by atoms with Gasteiger partial charge in [0.1, 0.15) is 12.6 Å². The number of hydrogen-bond donors (Lipinski definition) is 1. The Morgan fingerprint density at radius 1 is 0.895 bits per heavy atom. The predicted molar refractivity (Wildman–Crippen MR) is 152 cm³/mol. The summed E-state index contributed by atoms with van der Waals surface area (Å²) in [6, 6.07) is 20.2. The number of anilines is 1. The van der Waals surface area contributed by atoms with Crippen LogP contribution in [0.4, 0.5) is 5.69 Å². The normalized spacial score (nSPS) is 12.5. The second-order valence-corrected chi connectivity index (χ2v) is 12.5. The summed E-state index contributed by atoms with van der Waals surface area (Å²) in [6.07, 6.45) is 0. The van der Waals surface area contributed by atoms with E-state index in [-0.39, 0.29) is 28.1 Å². The van der Waals surface area contributed by atoms with Crippen LogP contribution in [0.5, 0.6) is 0 Å². The van der Waals surface area contributed by atoms with Gasteiger partial charge in [-0.3, -0.25) is 13.9 Å². The fraction of sp³-hybridized carbons (Fsp3) is 0.286. The van der Waals surface area contributed by atoms with Crippen molar-refractivity contribution in [2.24, 2.45) is 0 Å². The highest BCUT2D eigenvalue weighted by Crippen LogP contribution is 2.30. The first-order valence-corrected chi connectivity index (χ1v) is 14.2. The first-order chi connectivity index (χ1) is 17.8. The monoisotopic (exact) mass is 575 g/mol. The number of amides is 2. The molecule has 3 rings (SSSR count). The SMILES string of the molecule is C[C@@H](C(=O)NC(C)(C)C)N(Cc1ccc(Cl)cc1)C(=O)CN(c1ccccc1Cl)S(=O)(=O)c1ccccc1. The molecular formula is C28H31Cl2N3O4S. The van der Waals surface area contributed by atoms with Crippen molar-refractivity contribution in [3.63, 3.8) is 0 Å². The van der Waals surface area contributed by atoms with Gasteiger partial charge in [-0.15, -0.1) is 0 Å². The number of carbonyl (C=O) groups is 2. The lowest BCUT2D eigenvalue weighted by molar-refractivity contribution is -0.140. The highest BCUT2D eigenvalue weighted by Gasteiger charge is 2.34. The number of benzene rings is 3. The molecule has 1 atom stereocenters. The van der Waals surface area contributed by atoms with Gasteiger partial charge in [-0.1, -0.05) is 65.7 Å². The molecule has 10 heteroatoms. The first kappa shape index (κ1) is 29.5. The molecule has 0 aliphatic rings. The molecule has 0 radical (unpaired) electrons. The van der Waals surface area contributed by atoms with Crippen LogP contribution in [0.25, 0.3) is 0 Å². The third-order valence-corrected chi connectivity index (χ3v) is 8.01. The lowest BCUT2D eigenvalue weighted by Gasteiger charge is -2.33. The van der Waals surface area contributed by atoms with E-state index in [0.29, 0.717) is 5.02 Å². The van der Waals surface area contributed by atoms with Crippen LogP contribution in [-0.2, 0) is 26.2 Å². The zero-order valence-electron chi connectivity index (χ0n) is 21.7. The molecule has 38 heavy (non-hydrogen) atoms. The summed E-state index contributed by atoms with van der Waals surface area (Å²) in [7, 11) is -4.18. The smallest absolute Gasteiger partial charge is 0.264 e. The van der Waals surface area contributed by atoms with Gasteiger partial charge in [-0.2, -0.15) is 0 Å². The molecule has 0 unspecified atom stereocenters. The maximum absolute atomic E-state index is 13.9. The van der Waals surface area contributed by atoms with Crippen molar-refractivity contribution in [2.45, 2.75) is 50.7 Å². The van der Waals surface area contributed by atoms with Gasteiger partial charge in [-0.25, -0.2) is 8.42 Å². The van der Waals surface area contributed by atoms with Crippen molar-refractivity contribution in [2.75, 3.05) is 10.8 Å². The molecule has 0 fully saturated rings. The average Bonchev–Trinajstić information content (AvgIpc) is 2.86. The van der Waals surface area contributed by atoms with Crippen molar-refractivity contribution in [3.8, 4) is 0 Å². The van der Waals surface area contributed by atoms with Gasteiger partial charge >= 0.3 is 0 Å². The lowest BCUT2D eigenvalue weighted by atomic mass is 10.1. The summed E-state index contributed by atoms with van der Waals surface area (Å²) in [5, 5.41) is 3.59. The van der Waals surface area contributed by atoms with E-state index in [2.05, 4.69) is 5.32 Å². The third kappa shape index (κ3) is 7.49. The number of hydrogen-bond acceptors (Lipinski definition) is 4. The molecule has 1 N–H and O–H groups in total. The summed E-state index contributed by atoms with van der Waals surface area (Å²) in [6.45, 7) is 6.64. The van der Waals surface area contributed by atoms with Crippen LogP contribution < -0.4 is 9.62 Å². The fourth-order valence-electron chi connectivity index (χ4n) is 3.73. The molecule has 0 spiro atoms. The van der Waals surface area contributed by atoms with Crippen molar-refractivity contribution in [1.82, 2.24) is 10.2 Å². The Kier molecular flexibility index (Phi) is 9.46. The zero-order chi connectivity index (χ0) is 28.1. The molecule has 7 nitrogen and oxygen atoms in total. The first-order valence-electron chi connectivity index (χ1n) is 12.0. The summed E-state index contributed by atoms with van der Waals surface area (Å²) in [4.78, 5) is 28.3. The van der Waals surface area contributed by atoms with Crippen molar-refractivity contribution in [1.29, 1.82) is 0 Å². The quantitative estimate of drug-likeness (QED) is 0.364. The Hall–Kier alpha value is -3.07. The largest absolute Gasteiger partial charge is 0.350 e. The van der Waals surface area contributed by atoms with Crippen molar-refractivity contribution >= 4 is 50.7 Å². The van der Waals surface area contributed by atoms with Crippen LogP contribution in [0, 0.1) is 0 Å². The molecule has 0 saturated heterocycles. The fourth-order valence-corrected chi connectivity index (χ4v) is 5.60. The number of sulfonamides is 1. The maximum atomic E-state index is 13.9. The van der Waals surface area contributed by atoms with E-state index in [1.807, 2.05) is 20.8 Å². The summed E-state index contributed by atoms with van der Waals surface area (Å²) < 4.78 is 28.4. The van der Waals surface area contributed by atoms with Crippen LogP contribution >= 0.6 is 23.2 Å². The van der Waals surface area contributed by atoms with Gasteiger partial charge in [-0.05, 0) is 69.7 Å². The molecule has 0 bridgehead atoms. The maximum Gasteiger partial charge on any atom is 0.264 e. The Bertz CT molecular complexity index is 1380. The standard InChI is InChI=1S/C28H31Cl2N3O4S/c1-20(27(35)31-28(2,3)4)32(18-21-14-16-22(29)17-15-21)26(34)19-33(25-13-9-8-12-24(25)30)38(36,37)23-10-6-5-7-11-23/h5-17,20H,18-19H2,1-4H3,(H,31,35)/t20-/m0/s1. The van der Waals surface area contributed by atoms with E-state index in [1.54, 1.807) is 67.6 Å². The van der Waals surface area contributed by atoms with Crippen LogP contribution in [0.1, 0.15) is 33.3 Å². The number of carbonyl (C=O) groups excluding carboxylic acids is 2. The Labute approximate surface area is 234 Å². The van der Waals surface area contributed by atoms with E-state index in [0.717, 1.165) is 9.87 Å². The van der Waals surface area contributed by atoms with Crippen LogP contribution in [0.2, 0.25) is 10.0 Å². The number of halogens is 2. The van der Waals surface area contributed by atoms with Crippen LogP contribution in [0.15, 0.2) is 83.8 Å². The molecule has 0 aliphatic carbocycles. The van der Waals surface area contributed by atoms with E-state index in [9.17, 15) is 18.0 Å². The summed E-state index contributed by atoms with van der Waals surface area (Å²) in [5.41, 5.74) is 0.360. The van der Waals surface area contributed by atoms with E-state index < -0.39 is 34.1 Å². The van der Waals surface area contributed by atoms with Gasteiger partial charge in [0, 0.05) is 17.1 Å². The second-order valence-electron chi connectivity index (χ2n) is 9.84. The number of nitrogens with one attached hydrogen (secondary N) is 1. The molecule has 0 aliphatic heterocycles. The number of rotatable bonds is 9. The van der Waals surface area contributed by atoms with E-state index >= 15 is 0 Å². The number of para-hydroxylation sites is 1. The van der Waals surface area contributed by atoms with E-state index in [1.165, 1.54) is 23.1 Å². The van der Waals surface area contributed by atoms with Gasteiger partial charge in [0.2, 0.25) is 11.8 Å². The molecule has 3 aromatic carbocycles. The topological polar surface area (TPSA) is 86.8 Å². The molecular weight excluding hydrogens is 545 g/mol. The van der Waals surface area contributed by atoms with Gasteiger partial charge in [0.25, 0.3) is 10.0 Å². The molecule has 3 aromatic rings. The van der Waals surface area contributed by atoms with Crippen molar-refractivity contribution < 1.29 is 18.0 Å². The second kappa shape index (κ2) is 12.2. The van der Waals surface area contributed by atoms with Crippen LogP contribution in [-0.4, -0.2) is 43.3 Å². The minimum Gasteiger partial charge on any atom is -0.350 e. The van der Waals surface area contributed by atoms with Gasteiger partial charge < -0.3 is 10.2 Å². The highest BCUT2D eigenvalue weighted by molar-refractivity contribution is 7.92. The molecule has 202 valence electrons. The van der Waals surface area contributed by atoms with Gasteiger partial charge in [0.05, 0.1) is 15.6 Å². The summed E-state index contributed by atoms with van der Waals surface area (Å²) in [5.74, 6) is -0.939. The average molecular weight is 577 g/mol. The zero-order valence-corrected chi connectivity index (χ0v) is 24.0. The minimum absolute atomic E-state index is 0.00972. The van der Waals surface area contributed by atoms with Gasteiger partial charge in [0.15, 0.2) is 0 Å². The highest BCUT2D eigenvalue weighted by atomic mass is 35.5. The van der Waals surface area contributed by atoms with E-state index in [4.69, 9.17) is 23.2 Å². The van der Waals surface area contributed by atoms with Crippen LogP contribution in [0.3, 0.4) is 0 Å².